The fraction of sp³-hybridized carbons (Fsp3) is 0.500. The van der Waals surface area contributed by atoms with E-state index >= 15 is 0 Å². The second-order valence-corrected chi connectivity index (χ2v) is 6.44. The molecule has 2 nitrogen and oxygen atoms in total. The van der Waals surface area contributed by atoms with Crippen molar-refractivity contribution in [3.63, 3.8) is 0 Å². The van der Waals surface area contributed by atoms with Gasteiger partial charge in [0.1, 0.15) is 0 Å². The van der Waals surface area contributed by atoms with E-state index in [0.29, 0.717) is 6.04 Å². The monoisotopic (exact) mass is 303 g/mol. The van der Waals surface area contributed by atoms with Gasteiger partial charge in [-0.15, -0.1) is 0 Å². The third-order valence-electron chi connectivity index (χ3n) is 2.47. The number of rotatable bonds is 6. The van der Waals surface area contributed by atoms with Crippen molar-refractivity contribution >= 4 is 26.7 Å². The summed E-state index contributed by atoms with van der Waals surface area (Å²) in [7, 11) is -0.673. The quantitative estimate of drug-likeness (QED) is 0.875. The van der Waals surface area contributed by atoms with Gasteiger partial charge in [-0.3, -0.25) is 4.21 Å². The Kier molecular flexibility index (Phi) is 6.24. The van der Waals surface area contributed by atoms with Crippen LogP contribution >= 0.6 is 15.9 Å². The normalized spacial score (nSPS) is 14.7. The number of benzene rings is 1. The summed E-state index contributed by atoms with van der Waals surface area (Å²) in [5.41, 5.74) is 1.26. The lowest BCUT2D eigenvalue weighted by Crippen LogP contribution is -2.24. The minimum absolute atomic E-state index is 0.307. The lowest BCUT2D eigenvalue weighted by atomic mass is 10.1. The highest BCUT2D eigenvalue weighted by Gasteiger charge is 2.04. The van der Waals surface area contributed by atoms with Crippen molar-refractivity contribution in [2.24, 2.45) is 0 Å². The van der Waals surface area contributed by atoms with Gasteiger partial charge in [0.05, 0.1) is 0 Å². The zero-order valence-corrected chi connectivity index (χ0v) is 12.1. The summed E-state index contributed by atoms with van der Waals surface area (Å²) in [5, 5.41) is 3.38. The maximum absolute atomic E-state index is 11.2. The minimum Gasteiger partial charge on any atom is -0.309 e. The van der Waals surface area contributed by atoms with Gasteiger partial charge in [0.2, 0.25) is 0 Å². The zero-order valence-electron chi connectivity index (χ0n) is 9.70. The van der Waals surface area contributed by atoms with Gasteiger partial charge < -0.3 is 5.32 Å². The van der Waals surface area contributed by atoms with E-state index in [4.69, 9.17) is 0 Å². The Morgan fingerprint density at radius 2 is 2.00 bits per heavy atom. The maximum atomic E-state index is 11.2. The van der Waals surface area contributed by atoms with E-state index in [0.717, 1.165) is 22.5 Å². The van der Waals surface area contributed by atoms with Crippen molar-refractivity contribution in [2.45, 2.75) is 19.9 Å². The Labute approximate surface area is 108 Å². The molecule has 1 aromatic carbocycles. The third kappa shape index (κ3) is 4.76. The Hall–Kier alpha value is -0.190. The molecule has 0 saturated heterocycles. The summed E-state index contributed by atoms with van der Waals surface area (Å²) in [6.45, 7) is 4.88. The molecule has 0 fully saturated rings. The fourth-order valence-corrected chi connectivity index (χ4v) is 2.30. The number of hydrogen-bond donors (Lipinski definition) is 1. The van der Waals surface area contributed by atoms with Crippen LogP contribution in [-0.4, -0.2) is 22.3 Å². The number of nitrogens with one attached hydrogen (secondary N) is 1. The molecule has 4 heteroatoms. The van der Waals surface area contributed by atoms with Crippen molar-refractivity contribution in [1.82, 2.24) is 5.32 Å². The molecule has 0 radical (unpaired) electrons. The Bertz CT molecular complexity index is 339. The zero-order chi connectivity index (χ0) is 12.0. The van der Waals surface area contributed by atoms with E-state index in [1.165, 1.54) is 5.56 Å². The molecule has 1 rings (SSSR count). The maximum Gasteiger partial charge on any atom is 0.0360 e. The first-order valence-electron chi connectivity index (χ1n) is 5.47. The van der Waals surface area contributed by atoms with Crippen LogP contribution in [0.1, 0.15) is 25.5 Å². The largest absolute Gasteiger partial charge is 0.309 e. The molecule has 16 heavy (non-hydrogen) atoms. The molecule has 1 aromatic rings. The second kappa shape index (κ2) is 7.20. The van der Waals surface area contributed by atoms with Crippen molar-refractivity contribution in [3.8, 4) is 0 Å². The van der Waals surface area contributed by atoms with Crippen LogP contribution in [0.4, 0.5) is 0 Å². The van der Waals surface area contributed by atoms with Crippen LogP contribution in [0.15, 0.2) is 28.7 Å². The van der Waals surface area contributed by atoms with E-state index < -0.39 is 10.8 Å². The third-order valence-corrected chi connectivity index (χ3v) is 4.30. The number of halogens is 1. The van der Waals surface area contributed by atoms with Crippen LogP contribution in [0.5, 0.6) is 0 Å². The topological polar surface area (TPSA) is 29.1 Å². The van der Waals surface area contributed by atoms with Gasteiger partial charge in [-0.2, -0.15) is 0 Å². The van der Waals surface area contributed by atoms with Crippen molar-refractivity contribution < 1.29 is 4.21 Å². The molecule has 0 saturated carbocycles. The van der Waals surface area contributed by atoms with E-state index in [9.17, 15) is 4.21 Å². The Morgan fingerprint density at radius 3 is 2.56 bits per heavy atom. The van der Waals surface area contributed by atoms with Crippen LogP contribution < -0.4 is 5.32 Å². The first-order valence-corrected chi connectivity index (χ1v) is 7.75. The van der Waals surface area contributed by atoms with Crippen LogP contribution in [0.25, 0.3) is 0 Å². The molecule has 2 atom stereocenters. The highest BCUT2D eigenvalue weighted by molar-refractivity contribution is 9.10. The van der Waals surface area contributed by atoms with Gasteiger partial charge >= 0.3 is 0 Å². The van der Waals surface area contributed by atoms with Crippen LogP contribution in [0.3, 0.4) is 0 Å². The average molecular weight is 304 g/mol. The summed E-state index contributed by atoms with van der Waals surface area (Å²) in [6.07, 6.45) is 0. The minimum atomic E-state index is -0.673. The molecule has 0 spiro atoms. The molecule has 0 aliphatic carbocycles. The van der Waals surface area contributed by atoms with Gasteiger partial charge in [-0.25, -0.2) is 0 Å². The van der Waals surface area contributed by atoms with Gasteiger partial charge in [0.25, 0.3) is 0 Å². The second-order valence-electron chi connectivity index (χ2n) is 3.66. The molecular formula is C12H18BrNOS. The molecule has 90 valence electrons. The highest BCUT2D eigenvalue weighted by Crippen LogP contribution is 2.16. The van der Waals surface area contributed by atoms with Crippen molar-refractivity contribution in [3.05, 3.63) is 34.3 Å². The predicted octanol–water partition coefficient (Wildman–Crippen LogP) is 2.87. The first-order chi connectivity index (χ1) is 7.63. The van der Waals surface area contributed by atoms with Gasteiger partial charge in [-0.1, -0.05) is 35.0 Å². The SMILES string of the molecule is CCS(=O)CCNC(C)c1ccc(Br)cc1. The average Bonchev–Trinajstić information content (AvgIpc) is 2.29. The summed E-state index contributed by atoms with van der Waals surface area (Å²) >= 11 is 3.41. The van der Waals surface area contributed by atoms with Gasteiger partial charge in [-0.05, 0) is 24.6 Å². The molecule has 0 aliphatic heterocycles. The smallest absolute Gasteiger partial charge is 0.0360 e. The molecular weight excluding hydrogens is 286 g/mol. The Balaban J connectivity index is 2.37. The van der Waals surface area contributed by atoms with Crippen LogP contribution in [0, 0.1) is 0 Å². The molecule has 1 N–H and O–H groups in total. The number of hydrogen-bond acceptors (Lipinski definition) is 2. The van der Waals surface area contributed by atoms with Gasteiger partial charge in [0.15, 0.2) is 0 Å². The van der Waals surface area contributed by atoms with Gasteiger partial charge in [0, 0.05) is 39.4 Å². The summed E-state index contributed by atoms with van der Waals surface area (Å²) < 4.78 is 12.3. The molecule has 0 aromatic heterocycles. The van der Waals surface area contributed by atoms with Crippen molar-refractivity contribution in [1.29, 1.82) is 0 Å². The predicted molar refractivity (Wildman–Crippen MR) is 74.1 cm³/mol. The summed E-state index contributed by atoms with van der Waals surface area (Å²) in [5.74, 6) is 1.48. The fourth-order valence-electron chi connectivity index (χ4n) is 1.40. The lowest BCUT2D eigenvalue weighted by Gasteiger charge is -2.13. The van der Waals surface area contributed by atoms with E-state index in [-0.39, 0.29) is 0 Å². The molecule has 0 amide bonds. The lowest BCUT2D eigenvalue weighted by molar-refractivity contribution is 0.596. The molecule has 2 unspecified atom stereocenters. The molecule has 0 bridgehead atoms. The highest BCUT2D eigenvalue weighted by atomic mass is 79.9. The standard InChI is InChI=1S/C12H18BrNOS/c1-3-16(15)9-8-14-10(2)11-4-6-12(13)7-5-11/h4-7,10,14H,3,8-9H2,1-2H3. The first kappa shape index (κ1) is 13.9. The van der Waals surface area contributed by atoms with Crippen LogP contribution in [0.2, 0.25) is 0 Å². The van der Waals surface area contributed by atoms with Crippen molar-refractivity contribution in [2.75, 3.05) is 18.1 Å². The van der Waals surface area contributed by atoms with Crippen LogP contribution in [-0.2, 0) is 10.8 Å². The van der Waals surface area contributed by atoms with E-state index in [1.54, 1.807) is 0 Å². The van der Waals surface area contributed by atoms with E-state index in [1.807, 2.05) is 19.1 Å². The molecule has 0 aliphatic rings. The van der Waals surface area contributed by atoms with E-state index in [2.05, 4.69) is 40.3 Å². The summed E-state index contributed by atoms with van der Waals surface area (Å²) in [6, 6.07) is 8.58. The molecule has 0 heterocycles. The Morgan fingerprint density at radius 1 is 1.38 bits per heavy atom. The summed E-state index contributed by atoms with van der Waals surface area (Å²) in [4.78, 5) is 0.